The second kappa shape index (κ2) is 9.11. The summed E-state index contributed by atoms with van der Waals surface area (Å²) in [6.45, 7) is 8.35. The first-order valence-corrected chi connectivity index (χ1v) is 10.1. The lowest BCUT2D eigenvalue weighted by molar-refractivity contribution is -0.121. The van der Waals surface area contributed by atoms with Gasteiger partial charge in [0.15, 0.2) is 12.6 Å². The van der Waals surface area contributed by atoms with E-state index in [0.29, 0.717) is 6.54 Å². The molecule has 1 fully saturated rings. The summed E-state index contributed by atoms with van der Waals surface area (Å²) in [6.07, 6.45) is 3.40. The van der Waals surface area contributed by atoms with E-state index in [1.165, 1.54) is 12.8 Å². The van der Waals surface area contributed by atoms with E-state index >= 15 is 0 Å². The molecule has 3 rings (SSSR count). The van der Waals surface area contributed by atoms with Gasteiger partial charge in [-0.25, -0.2) is 0 Å². The van der Waals surface area contributed by atoms with E-state index in [-0.39, 0.29) is 12.5 Å². The van der Waals surface area contributed by atoms with Gasteiger partial charge < -0.3 is 19.9 Å². The highest BCUT2D eigenvalue weighted by Gasteiger charge is 2.26. The van der Waals surface area contributed by atoms with Crippen LogP contribution in [0.5, 0.6) is 5.75 Å². The average molecular weight is 373 g/mol. The number of guanidine groups is 1. The highest BCUT2D eigenvalue weighted by atomic mass is 16.5. The molecule has 0 radical (unpaired) electrons. The molecule has 6 nitrogen and oxygen atoms in total. The number of rotatable bonds is 6. The molecule has 0 aliphatic carbocycles. The van der Waals surface area contributed by atoms with E-state index in [1.807, 2.05) is 36.2 Å². The van der Waals surface area contributed by atoms with E-state index in [1.54, 1.807) is 0 Å². The van der Waals surface area contributed by atoms with Gasteiger partial charge in [0.1, 0.15) is 5.75 Å². The lowest BCUT2D eigenvalue weighted by Gasteiger charge is -2.29. The minimum atomic E-state index is 0.0224. The third kappa shape index (κ3) is 4.93. The van der Waals surface area contributed by atoms with Crippen molar-refractivity contribution in [3.05, 3.63) is 24.3 Å². The van der Waals surface area contributed by atoms with Gasteiger partial charge in [-0.3, -0.25) is 9.79 Å². The van der Waals surface area contributed by atoms with Crippen LogP contribution in [0.15, 0.2) is 29.3 Å². The van der Waals surface area contributed by atoms with Gasteiger partial charge >= 0.3 is 0 Å². The summed E-state index contributed by atoms with van der Waals surface area (Å²) in [6, 6.07) is 7.73. The first-order valence-electron chi connectivity index (χ1n) is 10.1. The number of benzene rings is 1. The van der Waals surface area contributed by atoms with Gasteiger partial charge in [0.25, 0.3) is 5.91 Å². The Morgan fingerprint density at radius 1 is 1.37 bits per heavy atom. The Labute approximate surface area is 162 Å². The minimum Gasteiger partial charge on any atom is -0.482 e. The summed E-state index contributed by atoms with van der Waals surface area (Å²) in [5, 5.41) is 3.47. The number of likely N-dealkylation sites (tertiary alicyclic amines) is 1. The number of hydrogen-bond donors (Lipinski definition) is 1. The van der Waals surface area contributed by atoms with Crippen LogP contribution in [0.1, 0.15) is 33.1 Å². The van der Waals surface area contributed by atoms with Crippen LogP contribution < -0.4 is 15.0 Å². The third-order valence-corrected chi connectivity index (χ3v) is 5.25. The molecule has 1 aromatic rings. The summed E-state index contributed by atoms with van der Waals surface area (Å²) >= 11 is 0. The fourth-order valence-corrected chi connectivity index (χ4v) is 4.05. The lowest BCUT2D eigenvalue weighted by Crippen LogP contribution is -2.43. The van der Waals surface area contributed by atoms with Crippen LogP contribution in [0.25, 0.3) is 0 Å². The van der Waals surface area contributed by atoms with Crippen LogP contribution in [0.4, 0.5) is 5.69 Å². The third-order valence-electron chi connectivity index (χ3n) is 5.25. The summed E-state index contributed by atoms with van der Waals surface area (Å²) in [7, 11) is 1.85. The number of nitrogens with one attached hydrogen (secondary N) is 1. The van der Waals surface area contributed by atoms with Crippen LogP contribution in [-0.2, 0) is 4.79 Å². The van der Waals surface area contributed by atoms with E-state index in [4.69, 9.17) is 4.74 Å². The summed E-state index contributed by atoms with van der Waals surface area (Å²) in [5.41, 5.74) is 0.870. The fraction of sp³-hybridized carbons (Fsp3) is 0.619. The number of para-hydroxylation sites is 2. The van der Waals surface area contributed by atoms with Crippen molar-refractivity contribution in [3.8, 4) is 5.75 Å². The Bertz CT molecular complexity index is 674. The molecule has 6 heteroatoms. The number of fused-ring (bicyclic) bond motifs is 1. The van der Waals surface area contributed by atoms with E-state index < -0.39 is 0 Å². The number of nitrogens with zero attached hydrogens (tertiary/aromatic N) is 3. The van der Waals surface area contributed by atoms with Gasteiger partial charge in [-0.15, -0.1) is 0 Å². The predicted molar refractivity (Wildman–Crippen MR) is 109 cm³/mol. The molecular weight excluding hydrogens is 340 g/mol. The Morgan fingerprint density at radius 3 is 2.96 bits per heavy atom. The largest absolute Gasteiger partial charge is 0.482 e. The first-order chi connectivity index (χ1) is 13.1. The fourth-order valence-electron chi connectivity index (χ4n) is 4.05. The molecule has 148 valence electrons. The molecule has 2 heterocycles. The van der Waals surface area contributed by atoms with Crippen LogP contribution in [0.2, 0.25) is 0 Å². The highest BCUT2D eigenvalue weighted by Crippen LogP contribution is 2.31. The Kier molecular flexibility index (Phi) is 6.58. The second-order valence-corrected chi connectivity index (χ2v) is 7.86. The van der Waals surface area contributed by atoms with Gasteiger partial charge in [-0.1, -0.05) is 26.0 Å². The predicted octanol–water partition coefficient (Wildman–Crippen LogP) is 2.75. The van der Waals surface area contributed by atoms with Crippen molar-refractivity contribution in [2.45, 2.75) is 33.1 Å². The Balaban J connectivity index is 1.46. The maximum atomic E-state index is 12.2. The van der Waals surface area contributed by atoms with Crippen molar-refractivity contribution in [3.63, 3.8) is 0 Å². The van der Waals surface area contributed by atoms with Crippen molar-refractivity contribution in [1.29, 1.82) is 0 Å². The van der Waals surface area contributed by atoms with Crippen LogP contribution >= 0.6 is 0 Å². The van der Waals surface area contributed by atoms with Gasteiger partial charge in [0, 0.05) is 33.2 Å². The molecule has 1 aromatic carbocycles. The van der Waals surface area contributed by atoms with Gasteiger partial charge in [0.2, 0.25) is 0 Å². The molecule has 1 saturated heterocycles. The lowest BCUT2D eigenvalue weighted by atomic mass is 9.97. The van der Waals surface area contributed by atoms with Crippen LogP contribution in [-0.4, -0.2) is 56.6 Å². The molecule has 2 aliphatic heterocycles. The molecule has 0 saturated carbocycles. The number of aliphatic imine (C=N–C) groups is 1. The monoisotopic (exact) mass is 372 g/mol. The van der Waals surface area contributed by atoms with E-state index in [2.05, 4.69) is 29.1 Å². The standard InChI is InChI=1S/C21H32N4O2/c1-16(2)13-17-9-12-24(14-17)21(22-3)23-10-6-11-25-18-7-4-5-8-19(18)27-15-20(25)26/h4-5,7-8,16-17H,6,9-15H2,1-3H3,(H,22,23). The molecule has 1 amide bonds. The zero-order chi connectivity index (χ0) is 19.2. The Morgan fingerprint density at radius 2 is 2.19 bits per heavy atom. The topological polar surface area (TPSA) is 57.2 Å². The number of carbonyl (C=O) groups excluding carboxylic acids is 1. The van der Waals surface area contributed by atoms with Crippen molar-refractivity contribution in [2.24, 2.45) is 16.8 Å². The normalized spacial score (nSPS) is 20.1. The van der Waals surface area contributed by atoms with Crippen molar-refractivity contribution >= 4 is 17.6 Å². The SMILES string of the molecule is CN=C(NCCCN1C(=O)COc2ccccc21)N1CCC(CC(C)C)C1. The molecular formula is C21H32N4O2. The van der Waals surface area contributed by atoms with Crippen molar-refractivity contribution in [1.82, 2.24) is 10.2 Å². The molecule has 0 bridgehead atoms. The van der Waals surface area contributed by atoms with Gasteiger partial charge in [-0.05, 0) is 43.2 Å². The van der Waals surface area contributed by atoms with Crippen LogP contribution in [0, 0.1) is 11.8 Å². The molecule has 0 aromatic heterocycles. The number of anilines is 1. The summed E-state index contributed by atoms with van der Waals surface area (Å²) in [4.78, 5) is 20.9. The zero-order valence-corrected chi connectivity index (χ0v) is 16.8. The maximum absolute atomic E-state index is 12.2. The number of hydrogen-bond acceptors (Lipinski definition) is 3. The maximum Gasteiger partial charge on any atom is 0.265 e. The van der Waals surface area contributed by atoms with E-state index in [0.717, 1.165) is 55.3 Å². The average Bonchev–Trinajstić information content (AvgIpc) is 3.10. The van der Waals surface area contributed by atoms with Crippen molar-refractivity contribution in [2.75, 3.05) is 44.7 Å². The summed E-state index contributed by atoms with van der Waals surface area (Å²) < 4.78 is 5.50. The summed E-state index contributed by atoms with van der Waals surface area (Å²) in [5.74, 6) is 3.31. The van der Waals surface area contributed by atoms with E-state index in [9.17, 15) is 4.79 Å². The van der Waals surface area contributed by atoms with Crippen LogP contribution in [0.3, 0.4) is 0 Å². The molecule has 1 unspecified atom stereocenters. The highest BCUT2D eigenvalue weighted by molar-refractivity contribution is 5.97. The quantitative estimate of drug-likeness (QED) is 0.474. The van der Waals surface area contributed by atoms with Gasteiger partial charge in [-0.2, -0.15) is 0 Å². The smallest absolute Gasteiger partial charge is 0.265 e. The second-order valence-electron chi connectivity index (χ2n) is 7.86. The molecule has 0 spiro atoms. The minimum absolute atomic E-state index is 0.0224. The van der Waals surface area contributed by atoms with Crippen molar-refractivity contribution < 1.29 is 9.53 Å². The van der Waals surface area contributed by atoms with Gasteiger partial charge in [0.05, 0.1) is 5.69 Å². The number of ether oxygens (including phenoxy) is 1. The Hall–Kier alpha value is -2.24. The molecule has 1 N–H and O–H groups in total. The number of carbonyl (C=O) groups is 1. The molecule has 1 atom stereocenters. The molecule has 27 heavy (non-hydrogen) atoms. The first kappa shape index (κ1) is 19.5. The zero-order valence-electron chi connectivity index (χ0n) is 16.8. The number of amides is 1. The molecule has 2 aliphatic rings.